The minimum absolute atomic E-state index is 0.125. The lowest BCUT2D eigenvalue weighted by molar-refractivity contribution is 0.153. The lowest BCUT2D eigenvalue weighted by Crippen LogP contribution is -1.99. The number of methoxy groups -OCH3 is 3. The summed E-state index contributed by atoms with van der Waals surface area (Å²) in [6.45, 7) is 0. The second kappa shape index (κ2) is 7.17. The number of hydrogen-bond acceptors (Lipinski definition) is 6. The van der Waals surface area contributed by atoms with E-state index < -0.39 is 0 Å². The lowest BCUT2D eigenvalue weighted by atomic mass is 10.0. The summed E-state index contributed by atoms with van der Waals surface area (Å²) in [5.74, 6) is 1.50. The molecule has 1 heterocycles. The third kappa shape index (κ3) is 3.03. The van der Waals surface area contributed by atoms with E-state index >= 15 is 0 Å². The van der Waals surface area contributed by atoms with Gasteiger partial charge in [-0.05, 0) is 45.8 Å². The van der Waals surface area contributed by atoms with Crippen molar-refractivity contribution in [2.45, 2.75) is 0 Å². The fraction of sp³-hybridized carbons (Fsp3) is 0.167. The molecule has 0 saturated heterocycles. The number of phenols is 1. The van der Waals surface area contributed by atoms with Crippen molar-refractivity contribution in [3.63, 3.8) is 0 Å². The molecule has 136 valence electrons. The Hall–Kier alpha value is -2.87. The highest BCUT2D eigenvalue weighted by atomic mass is 79.9. The van der Waals surface area contributed by atoms with E-state index in [1.54, 1.807) is 30.3 Å². The maximum absolute atomic E-state index is 10.3. The second-order valence-corrected chi connectivity index (χ2v) is 6.23. The molecule has 0 aliphatic carbocycles. The van der Waals surface area contributed by atoms with Gasteiger partial charge in [0.25, 0.3) is 0 Å². The fourth-order valence-corrected chi connectivity index (χ4v) is 3.09. The monoisotopic (exact) mass is 420 g/mol. The Bertz CT molecular complexity index is 930. The van der Waals surface area contributed by atoms with Crippen molar-refractivity contribution in [1.82, 2.24) is 9.94 Å². The van der Waals surface area contributed by atoms with Crippen LogP contribution in [0.5, 0.6) is 23.0 Å². The van der Waals surface area contributed by atoms with Gasteiger partial charge in [0.1, 0.15) is 11.4 Å². The summed E-state index contributed by atoms with van der Waals surface area (Å²) >= 11 is 3.30. The SMILES string of the molecule is COc1cc(-c2c(-c3ccc(O)c(Br)c3)cnn2O)cc(OC)c1OC. The molecular weight excluding hydrogens is 404 g/mol. The van der Waals surface area contributed by atoms with E-state index in [0.717, 1.165) is 10.4 Å². The third-order valence-corrected chi connectivity index (χ3v) is 4.58. The van der Waals surface area contributed by atoms with Gasteiger partial charge in [-0.3, -0.25) is 0 Å². The maximum Gasteiger partial charge on any atom is 0.203 e. The number of nitrogens with zero attached hydrogens (tertiary/aromatic N) is 2. The summed E-state index contributed by atoms with van der Waals surface area (Å²) in [6, 6.07) is 8.49. The van der Waals surface area contributed by atoms with Crippen molar-refractivity contribution in [1.29, 1.82) is 0 Å². The highest BCUT2D eigenvalue weighted by Crippen LogP contribution is 2.43. The Morgan fingerprint density at radius 3 is 2.15 bits per heavy atom. The minimum Gasteiger partial charge on any atom is -0.507 e. The zero-order chi connectivity index (χ0) is 18.8. The molecule has 7 nitrogen and oxygen atoms in total. The Morgan fingerprint density at radius 1 is 0.962 bits per heavy atom. The summed E-state index contributed by atoms with van der Waals surface area (Å²) in [7, 11) is 4.57. The zero-order valence-corrected chi connectivity index (χ0v) is 15.9. The zero-order valence-electron chi connectivity index (χ0n) is 14.4. The van der Waals surface area contributed by atoms with Crippen LogP contribution in [0.4, 0.5) is 0 Å². The number of benzene rings is 2. The first-order chi connectivity index (χ1) is 12.5. The number of hydrogen-bond donors (Lipinski definition) is 2. The molecule has 0 bridgehead atoms. The Balaban J connectivity index is 2.22. The molecule has 2 N–H and O–H groups in total. The number of rotatable bonds is 5. The van der Waals surface area contributed by atoms with Crippen LogP contribution in [-0.2, 0) is 0 Å². The van der Waals surface area contributed by atoms with Crippen LogP contribution in [0.3, 0.4) is 0 Å². The lowest BCUT2D eigenvalue weighted by Gasteiger charge is -2.15. The van der Waals surface area contributed by atoms with Gasteiger partial charge < -0.3 is 24.5 Å². The van der Waals surface area contributed by atoms with Crippen molar-refractivity contribution < 1.29 is 24.5 Å². The Kier molecular flexibility index (Phi) is 4.94. The van der Waals surface area contributed by atoms with E-state index in [2.05, 4.69) is 21.0 Å². The summed E-state index contributed by atoms with van der Waals surface area (Å²) < 4.78 is 16.6. The number of halogens is 1. The first-order valence-corrected chi connectivity index (χ1v) is 8.36. The molecule has 0 spiro atoms. The summed E-state index contributed by atoms with van der Waals surface area (Å²) in [4.78, 5) is 0.788. The average molecular weight is 421 g/mol. The molecule has 0 saturated carbocycles. The number of aromatic hydroxyl groups is 1. The molecule has 0 radical (unpaired) electrons. The molecule has 1 aromatic heterocycles. The van der Waals surface area contributed by atoms with Gasteiger partial charge in [-0.2, -0.15) is 0 Å². The quantitative estimate of drug-likeness (QED) is 0.607. The van der Waals surface area contributed by atoms with Crippen LogP contribution in [-0.4, -0.2) is 41.6 Å². The maximum atomic E-state index is 10.3. The van der Waals surface area contributed by atoms with Gasteiger partial charge in [0.05, 0.1) is 32.0 Å². The van der Waals surface area contributed by atoms with E-state index in [4.69, 9.17) is 14.2 Å². The molecule has 0 unspecified atom stereocenters. The van der Waals surface area contributed by atoms with Crippen LogP contribution in [0, 0.1) is 0 Å². The van der Waals surface area contributed by atoms with Crippen LogP contribution >= 0.6 is 15.9 Å². The smallest absolute Gasteiger partial charge is 0.203 e. The molecule has 2 aromatic carbocycles. The Morgan fingerprint density at radius 2 is 1.62 bits per heavy atom. The minimum atomic E-state index is 0.125. The van der Waals surface area contributed by atoms with Gasteiger partial charge >= 0.3 is 0 Å². The molecule has 0 aliphatic heterocycles. The van der Waals surface area contributed by atoms with E-state index in [-0.39, 0.29) is 5.75 Å². The number of aromatic nitrogens is 2. The molecule has 0 aliphatic rings. The topological polar surface area (TPSA) is 86.0 Å². The van der Waals surface area contributed by atoms with Crippen molar-refractivity contribution in [2.24, 2.45) is 0 Å². The predicted octanol–water partition coefficient (Wildman–Crippen LogP) is 3.95. The third-order valence-electron chi connectivity index (χ3n) is 3.95. The van der Waals surface area contributed by atoms with Gasteiger partial charge in [-0.15, -0.1) is 9.94 Å². The van der Waals surface area contributed by atoms with Crippen molar-refractivity contribution >= 4 is 15.9 Å². The molecule has 26 heavy (non-hydrogen) atoms. The molecule has 3 rings (SSSR count). The molecule has 0 fully saturated rings. The van der Waals surface area contributed by atoms with Crippen LogP contribution in [0.25, 0.3) is 22.4 Å². The normalized spacial score (nSPS) is 10.6. The summed E-state index contributed by atoms with van der Waals surface area (Å²) in [5.41, 5.74) is 2.50. The first-order valence-electron chi connectivity index (χ1n) is 7.56. The number of ether oxygens (including phenoxy) is 3. The largest absolute Gasteiger partial charge is 0.507 e. The average Bonchev–Trinajstić information content (AvgIpc) is 3.04. The Labute approximate surface area is 158 Å². The van der Waals surface area contributed by atoms with Crippen LogP contribution in [0.1, 0.15) is 0 Å². The molecule has 8 heteroatoms. The van der Waals surface area contributed by atoms with Crippen molar-refractivity contribution in [2.75, 3.05) is 21.3 Å². The number of phenolic OH excluding ortho intramolecular Hbond substituents is 1. The fourth-order valence-electron chi connectivity index (χ4n) is 2.71. The molecule has 0 amide bonds. The first kappa shape index (κ1) is 17.9. The van der Waals surface area contributed by atoms with Gasteiger partial charge in [0.15, 0.2) is 11.5 Å². The molecule has 3 aromatic rings. The highest BCUT2D eigenvalue weighted by Gasteiger charge is 2.20. The van der Waals surface area contributed by atoms with E-state index in [9.17, 15) is 10.3 Å². The van der Waals surface area contributed by atoms with E-state index in [1.807, 2.05) is 0 Å². The van der Waals surface area contributed by atoms with Gasteiger partial charge in [-0.1, -0.05) is 6.07 Å². The van der Waals surface area contributed by atoms with Gasteiger partial charge in [-0.25, -0.2) is 0 Å². The van der Waals surface area contributed by atoms with E-state index in [1.165, 1.54) is 27.5 Å². The summed E-state index contributed by atoms with van der Waals surface area (Å²) in [6.07, 6.45) is 1.54. The van der Waals surface area contributed by atoms with Crippen LogP contribution < -0.4 is 14.2 Å². The van der Waals surface area contributed by atoms with Crippen molar-refractivity contribution in [3.8, 4) is 45.4 Å². The summed E-state index contributed by atoms with van der Waals surface area (Å²) in [5, 5.41) is 23.9. The molecule has 0 atom stereocenters. The van der Waals surface area contributed by atoms with Crippen LogP contribution in [0.15, 0.2) is 41.0 Å². The second-order valence-electron chi connectivity index (χ2n) is 5.38. The van der Waals surface area contributed by atoms with Crippen molar-refractivity contribution in [3.05, 3.63) is 41.0 Å². The van der Waals surface area contributed by atoms with E-state index in [0.29, 0.717) is 38.5 Å². The standard InChI is InChI=1S/C18H17BrN2O5/c1-24-15-7-11(8-16(25-2)18(15)26-3)17-12(9-20-21(17)23)10-4-5-14(22)13(19)6-10/h4-9,22-23H,1-3H3. The van der Waals surface area contributed by atoms with Gasteiger partial charge in [0.2, 0.25) is 5.75 Å². The van der Waals surface area contributed by atoms with Gasteiger partial charge in [0, 0.05) is 11.1 Å². The molecular formula is C18H17BrN2O5. The highest BCUT2D eigenvalue weighted by molar-refractivity contribution is 9.10. The van der Waals surface area contributed by atoms with Crippen LogP contribution in [0.2, 0.25) is 0 Å². The predicted molar refractivity (Wildman–Crippen MR) is 99.3 cm³/mol.